The number of benzene rings is 1. The lowest BCUT2D eigenvalue weighted by atomic mass is 10.2. The number of nitrogens with one attached hydrogen (secondary N) is 1. The van der Waals surface area contributed by atoms with Gasteiger partial charge in [0.2, 0.25) is 0 Å². The van der Waals surface area contributed by atoms with Crippen LogP contribution in [0.5, 0.6) is 0 Å². The lowest BCUT2D eigenvalue weighted by Crippen LogP contribution is -2.26. The molecule has 1 aromatic rings. The Kier molecular flexibility index (Phi) is 5.17. The SMILES string of the molecule is CCCNc1cc(N2CCCOCC2)cc([N+](=O)[O-])c1. The zero-order valence-corrected chi connectivity index (χ0v) is 11.8. The van der Waals surface area contributed by atoms with Crippen LogP contribution in [0.15, 0.2) is 18.2 Å². The summed E-state index contributed by atoms with van der Waals surface area (Å²) in [7, 11) is 0. The van der Waals surface area contributed by atoms with E-state index in [2.05, 4.69) is 17.1 Å². The van der Waals surface area contributed by atoms with Gasteiger partial charge in [-0.3, -0.25) is 10.1 Å². The number of ether oxygens (including phenoxy) is 1. The second kappa shape index (κ2) is 7.09. The maximum atomic E-state index is 11.1. The molecule has 0 aliphatic carbocycles. The maximum absolute atomic E-state index is 11.1. The van der Waals surface area contributed by atoms with E-state index in [-0.39, 0.29) is 10.6 Å². The van der Waals surface area contributed by atoms with Crippen LogP contribution < -0.4 is 10.2 Å². The van der Waals surface area contributed by atoms with Gasteiger partial charge >= 0.3 is 0 Å². The van der Waals surface area contributed by atoms with Gasteiger partial charge < -0.3 is 15.0 Å². The van der Waals surface area contributed by atoms with E-state index in [9.17, 15) is 10.1 Å². The van der Waals surface area contributed by atoms with Crippen molar-refractivity contribution in [2.45, 2.75) is 19.8 Å². The van der Waals surface area contributed by atoms with Crippen LogP contribution in [-0.4, -0.2) is 37.8 Å². The minimum Gasteiger partial charge on any atom is -0.385 e. The minimum atomic E-state index is -0.338. The van der Waals surface area contributed by atoms with Crippen LogP contribution in [0.1, 0.15) is 19.8 Å². The van der Waals surface area contributed by atoms with Gasteiger partial charge in [-0.2, -0.15) is 0 Å². The van der Waals surface area contributed by atoms with Crippen LogP contribution in [0.25, 0.3) is 0 Å². The van der Waals surface area contributed by atoms with Crippen molar-refractivity contribution in [1.29, 1.82) is 0 Å². The molecule has 1 saturated heterocycles. The Bertz CT molecular complexity index is 457. The molecule has 0 radical (unpaired) electrons. The molecule has 1 heterocycles. The van der Waals surface area contributed by atoms with Crippen molar-refractivity contribution in [2.24, 2.45) is 0 Å². The van der Waals surface area contributed by atoms with Crippen molar-refractivity contribution in [3.63, 3.8) is 0 Å². The number of nitrogens with zero attached hydrogens (tertiary/aromatic N) is 2. The van der Waals surface area contributed by atoms with Crippen LogP contribution in [0.4, 0.5) is 17.1 Å². The molecule has 0 saturated carbocycles. The van der Waals surface area contributed by atoms with Crippen LogP contribution in [0.2, 0.25) is 0 Å². The van der Waals surface area contributed by atoms with E-state index in [0.717, 1.165) is 50.5 Å². The molecule has 0 amide bonds. The molecule has 0 bridgehead atoms. The largest absolute Gasteiger partial charge is 0.385 e. The van der Waals surface area contributed by atoms with Gasteiger partial charge in [-0.1, -0.05) is 6.92 Å². The molecule has 0 spiro atoms. The molecule has 0 atom stereocenters. The number of nitro benzene ring substituents is 1. The summed E-state index contributed by atoms with van der Waals surface area (Å²) in [6.45, 7) is 5.94. The average molecular weight is 279 g/mol. The molecule has 0 unspecified atom stereocenters. The summed E-state index contributed by atoms with van der Waals surface area (Å²) < 4.78 is 5.43. The molecule has 1 aliphatic rings. The third-order valence-corrected chi connectivity index (χ3v) is 3.28. The number of rotatable bonds is 5. The summed E-state index contributed by atoms with van der Waals surface area (Å²) in [6, 6.07) is 5.21. The van der Waals surface area contributed by atoms with Gasteiger partial charge in [0.1, 0.15) is 0 Å². The molecular weight excluding hydrogens is 258 g/mol. The maximum Gasteiger partial charge on any atom is 0.273 e. The second-order valence-corrected chi connectivity index (χ2v) is 4.87. The highest BCUT2D eigenvalue weighted by atomic mass is 16.6. The van der Waals surface area contributed by atoms with Gasteiger partial charge in [0.15, 0.2) is 0 Å². The van der Waals surface area contributed by atoms with Crippen LogP contribution in [0.3, 0.4) is 0 Å². The molecule has 6 nitrogen and oxygen atoms in total. The first-order chi connectivity index (χ1) is 9.70. The molecule has 0 aromatic heterocycles. The molecule has 1 N–H and O–H groups in total. The lowest BCUT2D eigenvalue weighted by Gasteiger charge is -2.22. The molecule has 1 aromatic carbocycles. The topological polar surface area (TPSA) is 67.6 Å². The molecule has 20 heavy (non-hydrogen) atoms. The van der Waals surface area contributed by atoms with E-state index < -0.39 is 0 Å². The smallest absolute Gasteiger partial charge is 0.273 e. The lowest BCUT2D eigenvalue weighted by molar-refractivity contribution is -0.384. The van der Waals surface area contributed by atoms with Gasteiger partial charge in [0.05, 0.1) is 11.5 Å². The highest BCUT2D eigenvalue weighted by Gasteiger charge is 2.15. The van der Waals surface area contributed by atoms with Gasteiger partial charge in [-0.15, -0.1) is 0 Å². The standard InChI is InChI=1S/C14H21N3O3/c1-2-4-15-12-9-13(11-14(10-12)17(18)19)16-5-3-7-20-8-6-16/h9-11,15H,2-8H2,1H3. The zero-order chi connectivity index (χ0) is 14.4. The summed E-state index contributed by atoms with van der Waals surface area (Å²) in [6.07, 6.45) is 1.93. The molecule has 1 fully saturated rings. The van der Waals surface area contributed by atoms with E-state index in [1.165, 1.54) is 0 Å². The monoisotopic (exact) mass is 279 g/mol. The van der Waals surface area contributed by atoms with Gasteiger partial charge in [0.25, 0.3) is 5.69 Å². The van der Waals surface area contributed by atoms with E-state index in [4.69, 9.17) is 4.74 Å². The highest BCUT2D eigenvalue weighted by Crippen LogP contribution is 2.27. The van der Waals surface area contributed by atoms with Crippen molar-refractivity contribution >= 4 is 17.1 Å². The number of nitro groups is 1. The van der Waals surface area contributed by atoms with Crippen molar-refractivity contribution in [3.05, 3.63) is 28.3 Å². The Balaban J connectivity index is 2.25. The average Bonchev–Trinajstić information content (AvgIpc) is 2.73. The molecule has 2 rings (SSSR count). The van der Waals surface area contributed by atoms with Crippen molar-refractivity contribution < 1.29 is 9.66 Å². The van der Waals surface area contributed by atoms with E-state index in [1.807, 2.05) is 6.07 Å². The van der Waals surface area contributed by atoms with Crippen molar-refractivity contribution in [2.75, 3.05) is 43.1 Å². The van der Waals surface area contributed by atoms with Gasteiger partial charge in [-0.25, -0.2) is 0 Å². The number of anilines is 2. The Labute approximate surface area is 118 Å². The van der Waals surface area contributed by atoms with Crippen LogP contribution >= 0.6 is 0 Å². The third kappa shape index (κ3) is 3.84. The van der Waals surface area contributed by atoms with Gasteiger partial charge in [-0.05, 0) is 18.9 Å². The quantitative estimate of drug-likeness (QED) is 0.663. The van der Waals surface area contributed by atoms with Crippen LogP contribution in [0, 0.1) is 10.1 Å². The fourth-order valence-corrected chi connectivity index (χ4v) is 2.26. The van der Waals surface area contributed by atoms with Crippen molar-refractivity contribution in [1.82, 2.24) is 0 Å². The van der Waals surface area contributed by atoms with Gasteiger partial charge in [0, 0.05) is 49.7 Å². The molecular formula is C14H21N3O3. The Hall–Kier alpha value is -1.82. The fraction of sp³-hybridized carbons (Fsp3) is 0.571. The zero-order valence-electron chi connectivity index (χ0n) is 11.8. The summed E-state index contributed by atoms with van der Waals surface area (Å²) in [4.78, 5) is 12.9. The number of non-ortho nitro benzene ring substituents is 1. The van der Waals surface area contributed by atoms with Crippen LogP contribution in [-0.2, 0) is 4.74 Å². The van der Waals surface area contributed by atoms with Crippen molar-refractivity contribution in [3.8, 4) is 0 Å². The van der Waals surface area contributed by atoms with E-state index in [0.29, 0.717) is 6.61 Å². The summed E-state index contributed by atoms with van der Waals surface area (Å²) in [5.74, 6) is 0. The van der Waals surface area contributed by atoms with E-state index >= 15 is 0 Å². The predicted octanol–water partition coefficient (Wildman–Crippen LogP) is 2.64. The first-order valence-corrected chi connectivity index (χ1v) is 7.06. The summed E-state index contributed by atoms with van der Waals surface area (Å²) in [5.41, 5.74) is 1.83. The number of hydrogen-bond donors (Lipinski definition) is 1. The third-order valence-electron chi connectivity index (χ3n) is 3.28. The minimum absolute atomic E-state index is 0.131. The fourth-order valence-electron chi connectivity index (χ4n) is 2.26. The summed E-state index contributed by atoms with van der Waals surface area (Å²) in [5, 5.41) is 14.3. The molecule has 6 heteroatoms. The Morgan fingerprint density at radius 1 is 1.35 bits per heavy atom. The first-order valence-electron chi connectivity index (χ1n) is 7.06. The number of hydrogen-bond acceptors (Lipinski definition) is 5. The summed E-state index contributed by atoms with van der Waals surface area (Å²) >= 11 is 0. The predicted molar refractivity (Wildman–Crippen MR) is 79.5 cm³/mol. The first kappa shape index (κ1) is 14.6. The van der Waals surface area contributed by atoms with E-state index in [1.54, 1.807) is 12.1 Å². The highest BCUT2D eigenvalue weighted by molar-refractivity contribution is 5.64. The molecule has 1 aliphatic heterocycles. The second-order valence-electron chi connectivity index (χ2n) is 4.87. The normalized spacial score (nSPS) is 15.8. The Morgan fingerprint density at radius 3 is 2.95 bits per heavy atom. The molecule has 110 valence electrons. The Morgan fingerprint density at radius 2 is 2.20 bits per heavy atom.